The summed E-state index contributed by atoms with van der Waals surface area (Å²) in [6, 6.07) is 7.11. The normalized spacial score (nSPS) is 12.9. The van der Waals surface area contributed by atoms with E-state index in [0.717, 1.165) is 11.3 Å². The molecule has 4 heteroatoms. The van der Waals surface area contributed by atoms with Crippen molar-refractivity contribution in [2.45, 2.75) is 13.0 Å². The molecular formula is C11H13N3O. The number of nitrogens with two attached hydrogens (primary N) is 1. The lowest BCUT2D eigenvalue weighted by molar-refractivity contribution is 0.316. The van der Waals surface area contributed by atoms with E-state index in [4.69, 9.17) is 17.4 Å². The fraction of sp³-hybridized carbons (Fsp3) is 0.182. The van der Waals surface area contributed by atoms with Gasteiger partial charge in [-0.2, -0.15) is 0 Å². The van der Waals surface area contributed by atoms with E-state index < -0.39 is 0 Å². The Hall–Kier alpha value is -2.15. The summed E-state index contributed by atoms with van der Waals surface area (Å²) in [5.74, 6) is 2.66. The van der Waals surface area contributed by atoms with Gasteiger partial charge < -0.3 is 16.3 Å². The topological polar surface area (TPSA) is 70.6 Å². The van der Waals surface area contributed by atoms with Gasteiger partial charge in [-0.05, 0) is 25.1 Å². The van der Waals surface area contributed by atoms with E-state index in [1.54, 1.807) is 6.92 Å². The summed E-state index contributed by atoms with van der Waals surface area (Å²) in [6.07, 6.45) is 5.27. The summed E-state index contributed by atoms with van der Waals surface area (Å²) in [7, 11) is 0. The molecule has 0 amide bonds. The Balaban J connectivity index is 2.77. The second-order valence-corrected chi connectivity index (χ2v) is 3.12. The monoisotopic (exact) mass is 203 g/mol. The van der Waals surface area contributed by atoms with E-state index in [1.165, 1.54) is 0 Å². The highest BCUT2D eigenvalue weighted by Gasteiger charge is 2.06. The van der Waals surface area contributed by atoms with Crippen LogP contribution in [0.3, 0.4) is 0 Å². The third-order valence-corrected chi connectivity index (χ3v) is 1.97. The second kappa shape index (κ2) is 4.91. The summed E-state index contributed by atoms with van der Waals surface area (Å²) in [4.78, 5) is 0. The van der Waals surface area contributed by atoms with Crippen LogP contribution in [0.1, 0.15) is 12.5 Å². The molecule has 78 valence electrons. The van der Waals surface area contributed by atoms with Crippen molar-refractivity contribution in [1.82, 2.24) is 0 Å². The highest BCUT2D eigenvalue weighted by atomic mass is 16.4. The number of hydrogen-bond donors (Lipinski definition) is 3. The zero-order valence-corrected chi connectivity index (χ0v) is 8.44. The summed E-state index contributed by atoms with van der Waals surface area (Å²) in [6.45, 7) is 1.79. The number of terminal acetylenes is 1. The van der Waals surface area contributed by atoms with Crippen LogP contribution >= 0.6 is 0 Å². The maximum absolute atomic E-state index is 8.47. The summed E-state index contributed by atoms with van der Waals surface area (Å²) in [5, 5.41) is 14.4. The Morgan fingerprint density at radius 3 is 3.00 bits per heavy atom. The Bertz CT molecular complexity index is 407. The molecule has 0 heterocycles. The first kappa shape index (κ1) is 10.9. The van der Waals surface area contributed by atoms with Crippen LogP contribution < -0.4 is 11.1 Å². The molecule has 0 fully saturated rings. The van der Waals surface area contributed by atoms with Gasteiger partial charge in [-0.25, -0.2) is 0 Å². The van der Waals surface area contributed by atoms with Crippen molar-refractivity contribution in [1.29, 1.82) is 0 Å². The third kappa shape index (κ3) is 2.92. The first-order chi connectivity index (χ1) is 7.17. The zero-order chi connectivity index (χ0) is 11.3. The minimum absolute atomic E-state index is 0.126. The minimum Gasteiger partial charge on any atom is -0.409 e. The lowest BCUT2D eigenvalue weighted by atomic mass is 10.2. The highest BCUT2D eigenvalue weighted by Crippen LogP contribution is 2.10. The number of benzene rings is 1. The van der Waals surface area contributed by atoms with E-state index >= 15 is 0 Å². The summed E-state index contributed by atoms with van der Waals surface area (Å²) < 4.78 is 0. The van der Waals surface area contributed by atoms with E-state index in [-0.39, 0.29) is 11.9 Å². The Morgan fingerprint density at radius 2 is 2.40 bits per heavy atom. The zero-order valence-electron chi connectivity index (χ0n) is 8.44. The molecule has 1 rings (SSSR count). The first-order valence-electron chi connectivity index (χ1n) is 4.48. The predicted octanol–water partition coefficient (Wildman–Crippen LogP) is 1.21. The van der Waals surface area contributed by atoms with Crippen molar-refractivity contribution in [3.8, 4) is 12.3 Å². The Labute approximate surface area is 88.8 Å². The third-order valence-electron chi connectivity index (χ3n) is 1.97. The first-order valence-corrected chi connectivity index (χ1v) is 4.48. The molecule has 0 saturated heterocycles. The van der Waals surface area contributed by atoms with E-state index in [1.807, 2.05) is 24.3 Å². The molecule has 0 bridgehead atoms. The lowest BCUT2D eigenvalue weighted by Crippen LogP contribution is -2.32. The van der Waals surface area contributed by atoms with Crippen LogP contribution in [0.2, 0.25) is 0 Å². The predicted molar refractivity (Wildman–Crippen MR) is 60.9 cm³/mol. The molecule has 0 aliphatic heterocycles. The van der Waals surface area contributed by atoms with Gasteiger partial charge in [0.05, 0.1) is 6.04 Å². The lowest BCUT2D eigenvalue weighted by Gasteiger charge is -2.13. The van der Waals surface area contributed by atoms with Crippen molar-refractivity contribution < 1.29 is 5.21 Å². The van der Waals surface area contributed by atoms with Crippen molar-refractivity contribution >= 4 is 11.5 Å². The molecule has 0 saturated carbocycles. The average molecular weight is 203 g/mol. The molecule has 0 aromatic heterocycles. The van der Waals surface area contributed by atoms with Gasteiger partial charge in [-0.3, -0.25) is 0 Å². The number of hydrogen-bond acceptors (Lipinski definition) is 3. The number of rotatable bonds is 3. The van der Waals surface area contributed by atoms with Gasteiger partial charge in [-0.1, -0.05) is 17.1 Å². The van der Waals surface area contributed by atoms with Gasteiger partial charge in [0.15, 0.2) is 5.84 Å². The maximum Gasteiger partial charge on any atom is 0.161 e. The molecule has 0 radical (unpaired) electrons. The standard InChI is InChI=1S/C11H13N3O/c1-3-9-5-4-6-10(7-9)13-8(2)11(12)14-15/h1,4-8,13,15H,2H3,(H2,12,14). The maximum atomic E-state index is 8.47. The van der Waals surface area contributed by atoms with Crippen LogP contribution in [0.15, 0.2) is 29.4 Å². The van der Waals surface area contributed by atoms with Crippen molar-refractivity contribution in [3.63, 3.8) is 0 Å². The molecule has 0 aliphatic carbocycles. The molecule has 1 atom stereocenters. The number of nitrogens with zero attached hydrogens (tertiary/aromatic N) is 1. The molecule has 0 spiro atoms. The summed E-state index contributed by atoms with van der Waals surface area (Å²) in [5.41, 5.74) is 7.05. The molecule has 1 unspecified atom stereocenters. The van der Waals surface area contributed by atoms with Gasteiger partial charge in [0.25, 0.3) is 0 Å². The average Bonchev–Trinajstić information content (AvgIpc) is 2.28. The smallest absolute Gasteiger partial charge is 0.161 e. The van der Waals surface area contributed by atoms with Crippen LogP contribution in [0.25, 0.3) is 0 Å². The van der Waals surface area contributed by atoms with Gasteiger partial charge in [0, 0.05) is 11.3 Å². The summed E-state index contributed by atoms with van der Waals surface area (Å²) >= 11 is 0. The second-order valence-electron chi connectivity index (χ2n) is 3.12. The van der Waals surface area contributed by atoms with Crippen LogP contribution in [0.4, 0.5) is 5.69 Å². The van der Waals surface area contributed by atoms with Crippen LogP contribution in [-0.2, 0) is 0 Å². The number of oxime groups is 1. The van der Waals surface area contributed by atoms with Crippen molar-refractivity contribution in [2.24, 2.45) is 10.9 Å². The minimum atomic E-state index is -0.247. The van der Waals surface area contributed by atoms with Gasteiger partial charge in [0.1, 0.15) is 0 Å². The molecule has 1 aromatic carbocycles. The van der Waals surface area contributed by atoms with Gasteiger partial charge >= 0.3 is 0 Å². The molecule has 4 N–H and O–H groups in total. The van der Waals surface area contributed by atoms with Crippen LogP contribution in [0.5, 0.6) is 0 Å². The fourth-order valence-corrected chi connectivity index (χ4v) is 1.11. The van der Waals surface area contributed by atoms with Gasteiger partial charge in [-0.15, -0.1) is 6.42 Å². The van der Waals surface area contributed by atoms with E-state index in [9.17, 15) is 0 Å². The van der Waals surface area contributed by atoms with Crippen molar-refractivity contribution in [3.05, 3.63) is 29.8 Å². The number of anilines is 1. The fourth-order valence-electron chi connectivity index (χ4n) is 1.11. The molecule has 4 nitrogen and oxygen atoms in total. The highest BCUT2D eigenvalue weighted by molar-refractivity contribution is 5.87. The quantitative estimate of drug-likeness (QED) is 0.227. The van der Waals surface area contributed by atoms with Crippen molar-refractivity contribution in [2.75, 3.05) is 5.32 Å². The Kier molecular flexibility index (Phi) is 3.58. The number of nitrogens with one attached hydrogen (secondary N) is 1. The van der Waals surface area contributed by atoms with Gasteiger partial charge in [0.2, 0.25) is 0 Å². The molecule has 15 heavy (non-hydrogen) atoms. The molecule has 0 aliphatic rings. The molecular weight excluding hydrogens is 190 g/mol. The van der Waals surface area contributed by atoms with Crippen LogP contribution in [-0.4, -0.2) is 17.1 Å². The largest absolute Gasteiger partial charge is 0.409 e. The van der Waals surface area contributed by atoms with E-state index in [2.05, 4.69) is 16.4 Å². The SMILES string of the molecule is C#Cc1cccc(NC(C)C(N)=NO)c1. The van der Waals surface area contributed by atoms with Crippen LogP contribution in [0, 0.1) is 12.3 Å². The Morgan fingerprint density at radius 1 is 1.67 bits per heavy atom. The number of amidine groups is 1. The van der Waals surface area contributed by atoms with E-state index in [0.29, 0.717) is 0 Å². The molecule has 1 aromatic rings.